The number of aromatic nitrogens is 1. The fourth-order valence-electron chi connectivity index (χ4n) is 4.00. The molecule has 2 amide bonds. The molecule has 2 heterocycles. The molecule has 7 heteroatoms. The number of esters is 1. The lowest BCUT2D eigenvalue weighted by atomic mass is 10.0. The van der Waals surface area contributed by atoms with Crippen LogP contribution in [0.15, 0.2) is 78.9 Å². The molecule has 0 spiro atoms. The van der Waals surface area contributed by atoms with Gasteiger partial charge in [-0.3, -0.25) is 14.5 Å². The SMILES string of the molecule is COc1ccc(-c2cc(C(=O)OCCN3C(=O)c4ccccc4C3=O)c3ccccc3n2)cc1. The Balaban J connectivity index is 1.37. The number of rotatable bonds is 6. The topological polar surface area (TPSA) is 85.8 Å². The van der Waals surface area contributed by atoms with E-state index in [9.17, 15) is 14.4 Å². The zero-order valence-corrected chi connectivity index (χ0v) is 18.4. The van der Waals surface area contributed by atoms with Gasteiger partial charge in [0.2, 0.25) is 0 Å². The van der Waals surface area contributed by atoms with E-state index in [1.165, 1.54) is 0 Å². The molecule has 0 saturated heterocycles. The maximum Gasteiger partial charge on any atom is 0.338 e. The summed E-state index contributed by atoms with van der Waals surface area (Å²) in [6.45, 7) is -0.134. The Morgan fingerprint density at radius 3 is 2.21 bits per heavy atom. The van der Waals surface area contributed by atoms with Crippen LogP contribution in [0, 0.1) is 0 Å². The minimum absolute atomic E-state index is 0.0214. The number of hydrogen-bond acceptors (Lipinski definition) is 6. The van der Waals surface area contributed by atoms with Gasteiger partial charge in [0.15, 0.2) is 0 Å². The first kappa shape index (κ1) is 21.3. The molecule has 7 nitrogen and oxygen atoms in total. The molecule has 1 aromatic heterocycles. The normalized spacial score (nSPS) is 12.7. The van der Waals surface area contributed by atoms with Crippen molar-refractivity contribution in [3.05, 3.63) is 95.6 Å². The van der Waals surface area contributed by atoms with Gasteiger partial charge in [0.1, 0.15) is 12.4 Å². The number of nitrogens with zero attached hydrogens (tertiary/aromatic N) is 2. The van der Waals surface area contributed by atoms with E-state index < -0.39 is 5.97 Å². The quantitative estimate of drug-likeness (QED) is 0.319. The lowest BCUT2D eigenvalue weighted by molar-refractivity contribution is 0.0422. The van der Waals surface area contributed by atoms with Crippen LogP contribution in [-0.2, 0) is 4.74 Å². The second kappa shape index (κ2) is 8.78. The van der Waals surface area contributed by atoms with E-state index in [2.05, 4.69) is 4.98 Å². The lowest BCUT2D eigenvalue weighted by Gasteiger charge is -2.14. The number of amides is 2. The molecule has 1 aliphatic rings. The third kappa shape index (κ3) is 3.77. The largest absolute Gasteiger partial charge is 0.497 e. The number of pyridine rings is 1. The predicted molar refractivity (Wildman–Crippen MR) is 126 cm³/mol. The summed E-state index contributed by atoms with van der Waals surface area (Å²) in [5, 5.41) is 0.658. The minimum Gasteiger partial charge on any atom is -0.497 e. The standard InChI is InChI=1S/C27H20N2O5/c1-33-18-12-10-17(11-13-18)24-16-22(19-6-4-5-9-23(19)28-24)27(32)34-15-14-29-25(30)20-7-2-3-8-21(20)26(29)31/h2-13,16H,14-15H2,1H3. The number of methoxy groups -OCH3 is 1. The van der Waals surface area contributed by atoms with Crippen LogP contribution in [-0.4, -0.2) is 47.9 Å². The Morgan fingerprint density at radius 2 is 1.53 bits per heavy atom. The van der Waals surface area contributed by atoms with E-state index in [-0.39, 0.29) is 25.0 Å². The van der Waals surface area contributed by atoms with Gasteiger partial charge < -0.3 is 9.47 Å². The molecule has 0 unspecified atom stereocenters. The molecule has 3 aromatic carbocycles. The second-order valence-corrected chi connectivity index (χ2v) is 7.74. The van der Waals surface area contributed by atoms with Gasteiger partial charge in [-0.25, -0.2) is 9.78 Å². The van der Waals surface area contributed by atoms with Crippen molar-refractivity contribution in [2.24, 2.45) is 0 Å². The number of fused-ring (bicyclic) bond motifs is 2. The van der Waals surface area contributed by atoms with Crippen molar-refractivity contribution in [1.29, 1.82) is 0 Å². The van der Waals surface area contributed by atoms with Gasteiger partial charge >= 0.3 is 5.97 Å². The van der Waals surface area contributed by atoms with E-state index in [4.69, 9.17) is 9.47 Å². The first-order valence-corrected chi connectivity index (χ1v) is 10.7. The van der Waals surface area contributed by atoms with Crippen molar-refractivity contribution < 1.29 is 23.9 Å². The number of benzene rings is 3. The first-order valence-electron chi connectivity index (χ1n) is 10.7. The maximum atomic E-state index is 13.0. The molecular formula is C27H20N2O5. The van der Waals surface area contributed by atoms with Crippen LogP contribution < -0.4 is 4.74 Å². The summed E-state index contributed by atoms with van der Waals surface area (Å²) >= 11 is 0. The van der Waals surface area contributed by atoms with Crippen LogP contribution >= 0.6 is 0 Å². The lowest BCUT2D eigenvalue weighted by Crippen LogP contribution is -2.33. The average molecular weight is 452 g/mol. The Labute approximate surface area is 195 Å². The Kier molecular flexibility index (Phi) is 5.51. The molecule has 168 valence electrons. The van der Waals surface area contributed by atoms with Crippen molar-refractivity contribution in [3.63, 3.8) is 0 Å². The van der Waals surface area contributed by atoms with Gasteiger partial charge in [0, 0.05) is 10.9 Å². The summed E-state index contributed by atoms with van der Waals surface area (Å²) in [7, 11) is 1.60. The van der Waals surface area contributed by atoms with Crippen LogP contribution in [0.3, 0.4) is 0 Å². The zero-order valence-electron chi connectivity index (χ0n) is 18.4. The van der Waals surface area contributed by atoms with E-state index in [1.807, 2.05) is 42.5 Å². The summed E-state index contributed by atoms with van der Waals surface area (Å²) in [4.78, 5) is 43.9. The van der Waals surface area contributed by atoms with Crippen molar-refractivity contribution in [3.8, 4) is 17.0 Å². The van der Waals surface area contributed by atoms with Crippen LogP contribution in [0.4, 0.5) is 0 Å². The summed E-state index contributed by atoms with van der Waals surface area (Å²) < 4.78 is 10.7. The molecule has 5 rings (SSSR count). The monoisotopic (exact) mass is 452 g/mol. The fraction of sp³-hybridized carbons (Fsp3) is 0.111. The summed E-state index contributed by atoms with van der Waals surface area (Å²) in [6, 6.07) is 23.0. The first-order chi connectivity index (χ1) is 16.6. The van der Waals surface area contributed by atoms with Crippen LogP contribution in [0.5, 0.6) is 5.75 Å². The van der Waals surface area contributed by atoms with Crippen molar-refractivity contribution in [2.45, 2.75) is 0 Å². The van der Waals surface area contributed by atoms with Crippen molar-refractivity contribution in [2.75, 3.05) is 20.3 Å². The van der Waals surface area contributed by atoms with Crippen molar-refractivity contribution >= 4 is 28.7 Å². The molecule has 0 atom stereocenters. The third-order valence-corrected chi connectivity index (χ3v) is 5.75. The molecule has 0 bridgehead atoms. The van der Waals surface area contributed by atoms with Crippen LogP contribution in [0.1, 0.15) is 31.1 Å². The van der Waals surface area contributed by atoms with Crippen LogP contribution in [0.25, 0.3) is 22.2 Å². The van der Waals surface area contributed by atoms with E-state index in [1.54, 1.807) is 43.5 Å². The molecular weight excluding hydrogens is 432 g/mol. The number of ether oxygens (including phenoxy) is 2. The minimum atomic E-state index is -0.551. The summed E-state index contributed by atoms with van der Waals surface area (Å²) in [5.74, 6) is -0.595. The highest BCUT2D eigenvalue weighted by Gasteiger charge is 2.34. The van der Waals surface area contributed by atoms with Gasteiger partial charge in [-0.2, -0.15) is 0 Å². The van der Waals surface area contributed by atoms with E-state index >= 15 is 0 Å². The predicted octanol–water partition coefficient (Wildman–Crippen LogP) is 4.36. The van der Waals surface area contributed by atoms with Crippen LogP contribution in [0.2, 0.25) is 0 Å². The van der Waals surface area contributed by atoms with Crippen molar-refractivity contribution in [1.82, 2.24) is 9.88 Å². The number of hydrogen-bond donors (Lipinski definition) is 0. The Hall–Kier alpha value is -4.52. The number of para-hydroxylation sites is 1. The Bertz CT molecular complexity index is 1390. The third-order valence-electron chi connectivity index (χ3n) is 5.75. The molecule has 0 N–H and O–H groups in total. The van der Waals surface area contributed by atoms with Gasteiger partial charge in [-0.15, -0.1) is 0 Å². The van der Waals surface area contributed by atoms with Gasteiger partial charge in [0.25, 0.3) is 11.8 Å². The number of imide groups is 1. The fourth-order valence-corrected chi connectivity index (χ4v) is 4.00. The summed E-state index contributed by atoms with van der Waals surface area (Å²) in [5.41, 5.74) is 3.19. The van der Waals surface area contributed by atoms with Gasteiger partial charge in [-0.05, 0) is 48.5 Å². The molecule has 4 aromatic rings. The molecule has 1 aliphatic heterocycles. The maximum absolute atomic E-state index is 13.0. The second-order valence-electron chi connectivity index (χ2n) is 7.74. The molecule has 0 fully saturated rings. The molecule has 0 saturated carbocycles. The number of carbonyl (C=O) groups excluding carboxylic acids is 3. The highest BCUT2D eigenvalue weighted by Crippen LogP contribution is 2.27. The highest BCUT2D eigenvalue weighted by atomic mass is 16.5. The van der Waals surface area contributed by atoms with E-state index in [0.717, 1.165) is 16.2 Å². The van der Waals surface area contributed by atoms with Gasteiger partial charge in [-0.1, -0.05) is 30.3 Å². The zero-order chi connectivity index (χ0) is 23.7. The molecule has 0 radical (unpaired) electrons. The number of carbonyl (C=O) groups is 3. The van der Waals surface area contributed by atoms with E-state index in [0.29, 0.717) is 33.3 Å². The molecule has 34 heavy (non-hydrogen) atoms. The smallest absolute Gasteiger partial charge is 0.338 e. The van der Waals surface area contributed by atoms with Gasteiger partial charge in [0.05, 0.1) is 41.6 Å². The highest BCUT2D eigenvalue weighted by molar-refractivity contribution is 6.21. The summed E-state index contributed by atoms with van der Waals surface area (Å²) in [6.07, 6.45) is 0. The molecule has 0 aliphatic carbocycles. The average Bonchev–Trinajstić information content (AvgIpc) is 3.13. The Morgan fingerprint density at radius 1 is 0.882 bits per heavy atom.